The minimum atomic E-state index is -0.117. The Morgan fingerprint density at radius 2 is 1.81 bits per heavy atom. The molecule has 1 aliphatic rings. The number of hydrogen-bond acceptors (Lipinski definition) is 3. The first kappa shape index (κ1) is 11.0. The van der Waals surface area contributed by atoms with Crippen molar-refractivity contribution >= 4 is 5.97 Å². The molecule has 2 rings (SSSR count). The van der Waals surface area contributed by atoms with Gasteiger partial charge in [-0.05, 0) is 17.7 Å². The normalized spacial score (nSPS) is 28.9. The Bertz CT molecular complexity index is 383. The molecule has 0 aromatic heterocycles. The van der Waals surface area contributed by atoms with Crippen molar-refractivity contribution in [2.24, 2.45) is 11.8 Å². The van der Waals surface area contributed by atoms with E-state index in [9.17, 15) is 4.79 Å². The number of esters is 1. The van der Waals surface area contributed by atoms with E-state index in [1.165, 1.54) is 0 Å². The number of rotatable bonds is 2. The number of benzene rings is 1. The van der Waals surface area contributed by atoms with Crippen LogP contribution in [-0.2, 0) is 9.53 Å². The Labute approximate surface area is 95.4 Å². The van der Waals surface area contributed by atoms with E-state index in [1.54, 1.807) is 7.11 Å². The smallest absolute Gasteiger partial charge is 0.309 e. The fraction of sp³-hybridized carbons (Fsp3) is 0.462. The average Bonchev–Trinajstić information content (AvgIpc) is 2.57. The van der Waals surface area contributed by atoms with Gasteiger partial charge in [-0.3, -0.25) is 4.79 Å². The van der Waals surface area contributed by atoms with Gasteiger partial charge < -0.3 is 9.47 Å². The first-order valence-corrected chi connectivity index (χ1v) is 5.48. The zero-order chi connectivity index (χ0) is 11.7. The molecule has 3 heteroatoms. The molecule has 16 heavy (non-hydrogen) atoms. The molecule has 0 aliphatic carbocycles. The van der Waals surface area contributed by atoms with Gasteiger partial charge in [-0.15, -0.1) is 0 Å². The molecule has 0 radical (unpaired) electrons. The van der Waals surface area contributed by atoms with Gasteiger partial charge in [0.25, 0.3) is 0 Å². The quantitative estimate of drug-likeness (QED) is 0.718. The fourth-order valence-corrected chi connectivity index (χ4v) is 1.98. The van der Waals surface area contributed by atoms with Crippen molar-refractivity contribution in [3.8, 4) is 5.75 Å². The number of carbonyl (C=O) groups is 1. The first-order chi connectivity index (χ1) is 7.63. The predicted octanol–water partition coefficient (Wildman–Crippen LogP) is 2.57. The van der Waals surface area contributed by atoms with Crippen LogP contribution in [0, 0.1) is 11.8 Å². The number of cyclic esters (lactones) is 1. The van der Waals surface area contributed by atoms with Crippen LogP contribution < -0.4 is 4.74 Å². The molecule has 1 aromatic carbocycles. The van der Waals surface area contributed by atoms with Gasteiger partial charge in [0, 0.05) is 5.92 Å². The first-order valence-electron chi connectivity index (χ1n) is 5.48. The highest BCUT2D eigenvalue weighted by molar-refractivity contribution is 5.75. The molecule has 0 spiro atoms. The van der Waals surface area contributed by atoms with Crippen molar-refractivity contribution < 1.29 is 14.3 Å². The molecule has 3 nitrogen and oxygen atoms in total. The average molecular weight is 220 g/mol. The molecule has 0 unspecified atom stereocenters. The predicted molar refractivity (Wildman–Crippen MR) is 60.2 cm³/mol. The van der Waals surface area contributed by atoms with E-state index in [2.05, 4.69) is 0 Å². The van der Waals surface area contributed by atoms with Crippen LogP contribution in [0.4, 0.5) is 0 Å². The monoisotopic (exact) mass is 220 g/mol. The molecule has 1 aliphatic heterocycles. The summed E-state index contributed by atoms with van der Waals surface area (Å²) in [6.07, 6.45) is -0.117. The molecule has 0 saturated carbocycles. The lowest BCUT2D eigenvalue weighted by atomic mass is 9.90. The van der Waals surface area contributed by atoms with Gasteiger partial charge in [-0.2, -0.15) is 0 Å². The Balaban J connectivity index is 2.21. The molecule has 86 valence electrons. The van der Waals surface area contributed by atoms with Crippen molar-refractivity contribution in [3.05, 3.63) is 29.8 Å². The van der Waals surface area contributed by atoms with Crippen molar-refractivity contribution in [3.63, 3.8) is 0 Å². The van der Waals surface area contributed by atoms with Gasteiger partial charge in [0.2, 0.25) is 0 Å². The van der Waals surface area contributed by atoms with E-state index in [0.29, 0.717) is 0 Å². The maximum atomic E-state index is 11.4. The summed E-state index contributed by atoms with van der Waals surface area (Å²) in [5.41, 5.74) is 1.03. The van der Waals surface area contributed by atoms with E-state index in [4.69, 9.17) is 9.47 Å². The largest absolute Gasteiger partial charge is 0.497 e. The summed E-state index contributed by atoms with van der Waals surface area (Å²) < 4.78 is 10.5. The van der Waals surface area contributed by atoms with Crippen LogP contribution in [0.25, 0.3) is 0 Å². The molecule has 1 saturated heterocycles. The Kier molecular flexibility index (Phi) is 2.86. The van der Waals surface area contributed by atoms with E-state index < -0.39 is 0 Å². The SMILES string of the molecule is COc1ccc([C@@H]2OC(=O)[C@@H](C)[C@@H]2C)cc1. The summed E-state index contributed by atoms with van der Waals surface area (Å²) in [6.45, 7) is 3.96. The highest BCUT2D eigenvalue weighted by atomic mass is 16.6. The molecule has 0 amide bonds. The highest BCUT2D eigenvalue weighted by Crippen LogP contribution is 2.38. The van der Waals surface area contributed by atoms with Crippen LogP contribution in [-0.4, -0.2) is 13.1 Å². The fourth-order valence-electron chi connectivity index (χ4n) is 1.98. The zero-order valence-electron chi connectivity index (χ0n) is 9.77. The van der Waals surface area contributed by atoms with Crippen molar-refractivity contribution in [1.29, 1.82) is 0 Å². The van der Waals surface area contributed by atoms with Gasteiger partial charge in [-0.1, -0.05) is 26.0 Å². The maximum Gasteiger partial charge on any atom is 0.309 e. The summed E-state index contributed by atoms with van der Waals surface area (Å²) in [4.78, 5) is 11.4. The molecule has 0 bridgehead atoms. The van der Waals surface area contributed by atoms with Crippen molar-refractivity contribution in [2.75, 3.05) is 7.11 Å². The lowest BCUT2D eigenvalue weighted by molar-refractivity contribution is -0.144. The van der Waals surface area contributed by atoms with Gasteiger partial charge in [0.15, 0.2) is 0 Å². The lowest BCUT2D eigenvalue weighted by Gasteiger charge is -2.15. The van der Waals surface area contributed by atoms with Gasteiger partial charge in [0.05, 0.1) is 13.0 Å². The Morgan fingerprint density at radius 1 is 1.19 bits per heavy atom. The number of hydrogen-bond donors (Lipinski definition) is 0. The van der Waals surface area contributed by atoms with E-state index in [1.807, 2.05) is 38.1 Å². The van der Waals surface area contributed by atoms with E-state index in [0.717, 1.165) is 11.3 Å². The molecule has 1 fully saturated rings. The third-order valence-electron chi connectivity index (χ3n) is 3.33. The van der Waals surface area contributed by atoms with Crippen LogP contribution in [0.5, 0.6) is 5.75 Å². The molecular formula is C13H16O3. The standard InChI is InChI=1S/C13H16O3/c1-8-9(2)13(14)16-12(8)10-4-6-11(15-3)7-5-10/h4-9,12H,1-3H3/t8-,9-,12+/m0/s1. The van der Waals surface area contributed by atoms with E-state index in [-0.39, 0.29) is 23.9 Å². The second-order valence-electron chi connectivity index (χ2n) is 4.28. The van der Waals surface area contributed by atoms with E-state index >= 15 is 0 Å². The minimum absolute atomic E-state index is 0.0212. The zero-order valence-corrected chi connectivity index (χ0v) is 9.77. The second-order valence-corrected chi connectivity index (χ2v) is 4.28. The molecule has 1 aromatic rings. The molecular weight excluding hydrogens is 204 g/mol. The van der Waals surface area contributed by atoms with Crippen LogP contribution in [0.1, 0.15) is 25.5 Å². The van der Waals surface area contributed by atoms with Crippen LogP contribution in [0.15, 0.2) is 24.3 Å². The minimum Gasteiger partial charge on any atom is -0.497 e. The molecule has 0 N–H and O–H groups in total. The Hall–Kier alpha value is -1.51. The summed E-state index contributed by atoms with van der Waals surface area (Å²) in [5.74, 6) is 0.912. The number of methoxy groups -OCH3 is 1. The topological polar surface area (TPSA) is 35.5 Å². The third-order valence-corrected chi connectivity index (χ3v) is 3.33. The third kappa shape index (κ3) is 1.77. The van der Waals surface area contributed by atoms with Crippen molar-refractivity contribution in [1.82, 2.24) is 0 Å². The summed E-state index contributed by atoms with van der Waals surface area (Å²) in [6, 6.07) is 7.67. The van der Waals surface area contributed by atoms with Gasteiger partial charge in [0.1, 0.15) is 11.9 Å². The van der Waals surface area contributed by atoms with Gasteiger partial charge >= 0.3 is 5.97 Å². The summed E-state index contributed by atoms with van der Waals surface area (Å²) in [7, 11) is 1.63. The van der Waals surface area contributed by atoms with Crippen LogP contribution in [0.2, 0.25) is 0 Å². The van der Waals surface area contributed by atoms with Crippen LogP contribution >= 0.6 is 0 Å². The summed E-state index contributed by atoms with van der Waals surface area (Å²) in [5, 5.41) is 0. The summed E-state index contributed by atoms with van der Waals surface area (Å²) >= 11 is 0. The maximum absolute atomic E-state index is 11.4. The Morgan fingerprint density at radius 3 is 2.25 bits per heavy atom. The lowest BCUT2D eigenvalue weighted by Crippen LogP contribution is -2.09. The van der Waals surface area contributed by atoms with Crippen molar-refractivity contribution in [2.45, 2.75) is 20.0 Å². The number of ether oxygens (including phenoxy) is 2. The highest BCUT2D eigenvalue weighted by Gasteiger charge is 2.39. The van der Waals surface area contributed by atoms with Crippen LogP contribution in [0.3, 0.4) is 0 Å². The molecule has 3 atom stereocenters. The van der Waals surface area contributed by atoms with Gasteiger partial charge in [-0.25, -0.2) is 0 Å². The second kappa shape index (κ2) is 4.16. The molecule has 1 heterocycles. The number of carbonyl (C=O) groups excluding carboxylic acids is 1.